The number of epoxide rings is 1. The molecule has 174 valence electrons. The van der Waals surface area contributed by atoms with E-state index in [0.717, 1.165) is 25.7 Å². The molecule has 0 unspecified atom stereocenters. The molecule has 1 spiro atoms. The Balaban J connectivity index is 1.47. The molecule has 1 aliphatic heterocycles. The van der Waals surface area contributed by atoms with Gasteiger partial charge in [-0.15, -0.1) is 0 Å². The number of aliphatic hydroxyl groups excluding tert-OH is 2. The molecule has 0 radical (unpaired) electrons. The van der Waals surface area contributed by atoms with Crippen LogP contribution in [0.5, 0.6) is 0 Å². The Morgan fingerprint density at radius 3 is 2.45 bits per heavy atom. The van der Waals surface area contributed by atoms with Crippen LogP contribution in [0.15, 0.2) is 23.3 Å². The third kappa shape index (κ3) is 2.95. The summed E-state index contributed by atoms with van der Waals surface area (Å²) in [4.78, 5) is 0. The number of aliphatic hydroxyl groups is 2. The van der Waals surface area contributed by atoms with Crippen LogP contribution in [0.2, 0.25) is 0 Å². The Bertz CT molecular complexity index is 798. The van der Waals surface area contributed by atoms with Crippen molar-refractivity contribution in [2.75, 3.05) is 0 Å². The minimum absolute atomic E-state index is 0.0656. The number of hydrogen-bond acceptors (Lipinski definition) is 3. The number of ether oxygens (including phenoxy) is 1. The zero-order valence-electron chi connectivity index (χ0n) is 20.5. The summed E-state index contributed by atoms with van der Waals surface area (Å²) in [6.45, 7) is 14.2. The van der Waals surface area contributed by atoms with Gasteiger partial charge >= 0.3 is 0 Å². The van der Waals surface area contributed by atoms with Gasteiger partial charge in [0.05, 0.1) is 6.10 Å². The number of allylic oxidation sites excluding steroid dienone is 3. The second-order valence-corrected chi connectivity index (χ2v) is 12.6. The summed E-state index contributed by atoms with van der Waals surface area (Å²) in [7, 11) is 0. The van der Waals surface area contributed by atoms with Crippen LogP contribution in [0.1, 0.15) is 86.5 Å². The first kappa shape index (κ1) is 22.2. The predicted molar refractivity (Wildman–Crippen MR) is 124 cm³/mol. The van der Waals surface area contributed by atoms with Gasteiger partial charge in [-0.05, 0) is 79.1 Å². The van der Waals surface area contributed by atoms with E-state index in [1.165, 1.54) is 18.4 Å². The summed E-state index contributed by atoms with van der Waals surface area (Å²) in [5.41, 5.74) is 2.93. The molecule has 0 aromatic heterocycles. The largest absolute Gasteiger partial charge is 0.393 e. The summed E-state index contributed by atoms with van der Waals surface area (Å²) < 4.78 is 6.33. The van der Waals surface area contributed by atoms with E-state index in [0.29, 0.717) is 36.0 Å². The fraction of sp³-hybridized carbons (Fsp3) is 0.857. The van der Waals surface area contributed by atoms with Crippen LogP contribution in [0, 0.1) is 40.4 Å². The van der Waals surface area contributed by atoms with E-state index < -0.39 is 6.10 Å². The Hall–Kier alpha value is -0.640. The monoisotopic (exact) mass is 428 g/mol. The quantitative estimate of drug-likeness (QED) is 0.449. The van der Waals surface area contributed by atoms with E-state index in [4.69, 9.17) is 4.74 Å². The van der Waals surface area contributed by atoms with Crippen molar-refractivity contribution in [1.29, 1.82) is 0 Å². The zero-order valence-corrected chi connectivity index (χ0v) is 20.5. The van der Waals surface area contributed by atoms with Crippen LogP contribution in [0.3, 0.4) is 0 Å². The fourth-order valence-electron chi connectivity index (χ4n) is 8.48. The lowest BCUT2D eigenvalue weighted by Crippen LogP contribution is -2.57. The van der Waals surface area contributed by atoms with Crippen LogP contribution in [-0.2, 0) is 4.74 Å². The Labute approximate surface area is 189 Å². The summed E-state index contributed by atoms with van der Waals surface area (Å²) in [5.74, 6) is 2.95. The highest BCUT2D eigenvalue weighted by Crippen LogP contribution is 2.72. The second kappa shape index (κ2) is 7.18. The number of hydrogen-bond donors (Lipinski definition) is 2. The van der Waals surface area contributed by atoms with Gasteiger partial charge in [0, 0.05) is 11.8 Å². The standard InChI is InChI=1S/C28H44O3/c1-16(2)17(3)7-8-18(4)20-9-10-21-23-22(12-13-26(20,21)5)27(6)14-11-19(29)15-28(27)25(31-28)24(23)30/h7-8,16-20,22,24-25,29-30H,9-15H2,1-6H3/t17-,18+,19-,20+,22-,24+,25+,26+,27+,28+/m0/s1. The molecule has 3 saturated carbocycles. The number of fused-ring (bicyclic) bond motifs is 3. The maximum atomic E-state index is 11.5. The summed E-state index contributed by atoms with van der Waals surface area (Å²) in [5, 5.41) is 21.9. The maximum Gasteiger partial charge on any atom is 0.118 e. The molecule has 1 saturated heterocycles. The molecule has 0 amide bonds. The highest BCUT2D eigenvalue weighted by atomic mass is 16.6. The first-order valence-corrected chi connectivity index (χ1v) is 13.0. The minimum Gasteiger partial charge on any atom is -0.393 e. The lowest BCUT2D eigenvalue weighted by molar-refractivity contribution is -0.0512. The van der Waals surface area contributed by atoms with Crippen molar-refractivity contribution >= 4 is 0 Å². The van der Waals surface area contributed by atoms with Crippen molar-refractivity contribution in [3.63, 3.8) is 0 Å². The average Bonchev–Trinajstić information content (AvgIpc) is 3.34. The first-order chi connectivity index (χ1) is 14.5. The highest BCUT2D eigenvalue weighted by Gasteiger charge is 2.77. The Kier molecular flexibility index (Phi) is 5.13. The molecule has 0 aromatic carbocycles. The lowest BCUT2D eigenvalue weighted by Gasteiger charge is -2.55. The molecular weight excluding hydrogens is 384 g/mol. The van der Waals surface area contributed by atoms with E-state index in [1.807, 2.05) is 0 Å². The highest BCUT2D eigenvalue weighted by molar-refractivity contribution is 5.43. The van der Waals surface area contributed by atoms with E-state index in [1.54, 1.807) is 5.57 Å². The van der Waals surface area contributed by atoms with Crippen molar-refractivity contribution in [1.82, 2.24) is 0 Å². The normalized spacial score (nSPS) is 50.7. The van der Waals surface area contributed by atoms with Gasteiger partial charge in [-0.3, -0.25) is 0 Å². The molecule has 4 aliphatic carbocycles. The summed E-state index contributed by atoms with van der Waals surface area (Å²) >= 11 is 0. The molecule has 0 bridgehead atoms. The van der Waals surface area contributed by atoms with E-state index in [2.05, 4.69) is 53.7 Å². The molecule has 4 fully saturated rings. The maximum absolute atomic E-state index is 11.5. The van der Waals surface area contributed by atoms with Gasteiger partial charge in [-0.25, -0.2) is 0 Å². The lowest BCUT2D eigenvalue weighted by atomic mass is 9.48. The van der Waals surface area contributed by atoms with Gasteiger partial charge in [0.2, 0.25) is 0 Å². The van der Waals surface area contributed by atoms with Gasteiger partial charge in [-0.2, -0.15) is 0 Å². The predicted octanol–water partition coefficient (Wildman–Crippen LogP) is 5.66. The van der Waals surface area contributed by atoms with Crippen molar-refractivity contribution in [2.45, 2.75) is 110 Å². The van der Waals surface area contributed by atoms with Gasteiger partial charge in [0.15, 0.2) is 0 Å². The smallest absolute Gasteiger partial charge is 0.118 e. The van der Waals surface area contributed by atoms with E-state index in [-0.39, 0.29) is 28.6 Å². The zero-order chi connectivity index (χ0) is 22.3. The van der Waals surface area contributed by atoms with Gasteiger partial charge in [-0.1, -0.05) is 59.3 Å². The van der Waals surface area contributed by atoms with Crippen LogP contribution in [-0.4, -0.2) is 34.1 Å². The first-order valence-electron chi connectivity index (χ1n) is 13.0. The molecule has 0 aromatic rings. The molecule has 3 nitrogen and oxygen atoms in total. The van der Waals surface area contributed by atoms with Crippen LogP contribution in [0.4, 0.5) is 0 Å². The summed E-state index contributed by atoms with van der Waals surface area (Å²) in [6, 6.07) is 0. The average molecular weight is 429 g/mol. The number of rotatable bonds is 4. The fourth-order valence-corrected chi connectivity index (χ4v) is 8.48. The minimum atomic E-state index is -0.469. The second-order valence-electron chi connectivity index (χ2n) is 12.6. The van der Waals surface area contributed by atoms with Crippen molar-refractivity contribution in [3.8, 4) is 0 Å². The molecule has 10 atom stereocenters. The molecule has 1 heterocycles. The topological polar surface area (TPSA) is 53.0 Å². The van der Waals surface area contributed by atoms with E-state index in [9.17, 15) is 10.2 Å². The van der Waals surface area contributed by atoms with Gasteiger partial charge in [0.25, 0.3) is 0 Å². The van der Waals surface area contributed by atoms with Crippen LogP contribution in [0.25, 0.3) is 0 Å². The molecule has 31 heavy (non-hydrogen) atoms. The third-order valence-electron chi connectivity index (χ3n) is 10.9. The van der Waals surface area contributed by atoms with E-state index >= 15 is 0 Å². The molecule has 5 aliphatic rings. The SMILES string of the molecule is CC(C)[C@@H](C)C=C[C@@H](C)[C@H]1CCC2=C3[C@@H](O)[C@H]4O[C@]45C[C@@H](O)CC[C@]5(C)[C@H]3CC[C@@]21C. The van der Waals surface area contributed by atoms with Crippen molar-refractivity contribution < 1.29 is 14.9 Å². The summed E-state index contributed by atoms with van der Waals surface area (Å²) in [6.07, 6.45) is 11.4. The van der Waals surface area contributed by atoms with Crippen LogP contribution < -0.4 is 0 Å². The van der Waals surface area contributed by atoms with Crippen molar-refractivity contribution in [2.24, 2.45) is 40.4 Å². The van der Waals surface area contributed by atoms with Gasteiger partial charge < -0.3 is 14.9 Å². The molecule has 5 rings (SSSR count). The Morgan fingerprint density at radius 1 is 1.00 bits per heavy atom. The molecule has 3 heteroatoms. The van der Waals surface area contributed by atoms with Crippen molar-refractivity contribution in [3.05, 3.63) is 23.3 Å². The van der Waals surface area contributed by atoms with Gasteiger partial charge in [0.1, 0.15) is 17.8 Å². The van der Waals surface area contributed by atoms with Crippen LogP contribution >= 0.6 is 0 Å². The third-order valence-corrected chi connectivity index (χ3v) is 10.9. The molecular formula is C28H44O3. The molecule has 2 N–H and O–H groups in total. The Morgan fingerprint density at radius 2 is 1.74 bits per heavy atom.